The molecule has 0 aliphatic carbocycles. The zero-order chi connectivity index (χ0) is 11.0. The fraction of sp³-hybridized carbons (Fsp3) is 0.100. The molecule has 0 amide bonds. The first-order valence-corrected chi connectivity index (χ1v) is 6.04. The highest BCUT2D eigenvalue weighted by Crippen LogP contribution is 2.28. The van der Waals surface area contributed by atoms with Gasteiger partial charge in [-0.05, 0) is 5.56 Å². The van der Waals surface area contributed by atoms with Gasteiger partial charge in [-0.15, -0.1) is 21.8 Å². The molecule has 0 aliphatic rings. The molecule has 1 aromatic carbocycles. The summed E-state index contributed by atoms with van der Waals surface area (Å²) in [6.45, 7) is 0. The van der Waals surface area contributed by atoms with Crippen molar-refractivity contribution in [3.05, 3.63) is 36.2 Å². The zero-order valence-electron chi connectivity index (χ0n) is 8.17. The summed E-state index contributed by atoms with van der Waals surface area (Å²) < 4.78 is 1.67. The van der Waals surface area contributed by atoms with Gasteiger partial charge in [0.25, 0.3) is 0 Å². The second-order valence-corrected chi connectivity index (χ2v) is 4.48. The summed E-state index contributed by atoms with van der Waals surface area (Å²) in [5.74, 6) is 0.482. The predicted molar refractivity (Wildman–Crippen MR) is 63.7 cm³/mol. The maximum atomic E-state index is 5.90. The SMILES string of the molecule is ClCc1ccccc1-c1nn2cnnc2s1. The molecule has 3 rings (SSSR count). The third-order valence-electron chi connectivity index (χ3n) is 2.28. The van der Waals surface area contributed by atoms with Crippen LogP contribution in [0.5, 0.6) is 0 Å². The van der Waals surface area contributed by atoms with Crippen LogP contribution in [0.25, 0.3) is 15.5 Å². The first-order valence-electron chi connectivity index (χ1n) is 4.69. The van der Waals surface area contributed by atoms with Crippen LogP contribution in [-0.2, 0) is 5.88 Å². The maximum Gasteiger partial charge on any atom is 0.234 e. The van der Waals surface area contributed by atoms with Crippen molar-refractivity contribution in [2.24, 2.45) is 0 Å². The summed E-state index contributed by atoms with van der Waals surface area (Å²) in [6.07, 6.45) is 1.60. The molecule has 3 aromatic rings. The topological polar surface area (TPSA) is 43.1 Å². The number of benzene rings is 1. The van der Waals surface area contributed by atoms with Crippen LogP contribution in [-0.4, -0.2) is 19.8 Å². The summed E-state index contributed by atoms with van der Waals surface area (Å²) in [6, 6.07) is 7.98. The number of aromatic nitrogens is 4. The highest BCUT2D eigenvalue weighted by atomic mass is 35.5. The van der Waals surface area contributed by atoms with E-state index in [9.17, 15) is 0 Å². The lowest BCUT2D eigenvalue weighted by atomic mass is 10.1. The number of alkyl halides is 1. The van der Waals surface area contributed by atoms with E-state index in [0.717, 1.165) is 21.1 Å². The molecule has 0 radical (unpaired) electrons. The standard InChI is InChI=1S/C10H7ClN4S/c11-5-7-3-1-2-4-8(7)9-14-15-6-12-13-10(15)16-9/h1-4,6H,5H2. The third-order valence-corrected chi connectivity index (χ3v) is 3.51. The second kappa shape index (κ2) is 3.84. The molecule has 2 heterocycles. The Morgan fingerprint density at radius 2 is 2.19 bits per heavy atom. The van der Waals surface area contributed by atoms with E-state index in [1.54, 1.807) is 10.8 Å². The fourth-order valence-corrected chi connectivity index (χ4v) is 2.63. The summed E-state index contributed by atoms with van der Waals surface area (Å²) >= 11 is 7.40. The normalized spacial score (nSPS) is 11.1. The minimum atomic E-state index is 0.482. The van der Waals surface area contributed by atoms with Gasteiger partial charge in [-0.2, -0.15) is 9.61 Å². The van der Waals surface area contributed by atoms with Gasteiger partial charge in [0.05, 0.1) is 0 Å². The molecule has 0 bridgehead atoms. The first-order chi connectivity index (χ1) is 7.88. The average Bonchev–Trinajstić information content (AvgIpc) is 2.89. The summed E-state index contributed by atoms with van der Waals surface area (Å²) in [5, 5.41) is 13.1. The Balaban J connectivity index is 2.18. The molecule has 0 aliphatic heterocycles. The van der Waals surface area contributed by atoms with Crippen LogP contribution in [0.1, 0.15) is 5.56 Å². The molecule has 80 valence electrons. The molecule has 0 unspecified atom stereocenters. The van der Waals surface area contributed by atoms with Crippen LogP contribution >= 0.6 is 22.9 Å². The van der Waals surface area contributed by atoms with Gasteiger partial charge >= 0.3 is 0 Å². The van der Waals surface area contributed by atoms with Gasteiger partial charge in [0.1, 0.15) is 11.3 Å². The molecule has 16 heavy (non-hydrogen) atoms. The molecule has 6 heteroatoms. The highest BCUT2D eigenvalue weighted by molar-refractivity contribution is 7.19. The summed E-state index contributed by atoms with van der Waals surface area (Å²) in [7, 11) is 0. The molecule has 0 fully saturated rings. The Bertz CT molecular complexity index is 602. The molecule has 4 nitrogen and oxygen atoms in total. The van der Waals surface area contributed by atoms with E-state index in [-0.39, 0.29) is 0 Å². The molecule has 0 atom stereocenters. The number of nitrogens with zero attached hydrogens (tertiary/aromatic N) is 4. The van der Waals surface area contributed by atoms with E-state index in [2.05, 4.69) is 15.3 Å². The maximum absolute atomic E-state index is 5.90. The van der Waals surface area contributed by atoms with Crippen molar-refractivity contribution in [2.45, 2.75) is 5.88 Å². The van der Waals surface area contributed by atoms with Gasteiger partial charge in [-0.3, -0.25) is 0 Å². The van der Waals surface area contributed by atoms with Crippen molar-refractivity contribution in [3.63, 3.8) is 0 Å². The van der Waals surface area contributed by atoms with Gasteiger partial charge in [0.2, 0.25) is 4.96 Å². The number of hydrogen-bond donors (Lipinski definition) is 0. The van der Waals surface area contributed by atoms with Gasteiger partial charge in [0.15, 0.2) is 0 Å². The van der Waals surface area contributed by atoms with Crippen molar-refractivity contribution in [1.82, 2.24) is 19.8 Å². The van der Waals surface area contributed by atoms with Crippen LogP contribution in [0, 0.1) is 0 Å². The second-order valence-electron chi connectivity index (χ2n) is 3.26. The van der Waals surface area contributed by atoms with E-state index in [4.69, 9.17) is 11.6 Å². The largest absolute Gasteiger partial charge is 0.234 e. The third kappa shape index (κ3) is 1.48. The number of hydrogen-bond acceptors (Lipinski definition) is 4. The van der Waals surface area contributed by atoms with Crippen LogP contribution in [0.4, 0.5) is 0 Å². The van der Waals surface area contributed by atoms with Crippen molar-refractivity contribution >= 4 is 27.9 Å². The highest BCUT2D eigenvalue weighted by Gasteiger charge is 2.10. The van der Waals surface area contributed by atoms with Crippen molar-refractivity contribution in [1.29, 1.82) is 0 Å². The molecule has 0 spiro atoms. The van der Waals surface area contributed by atoms with E-state index in [1.165, 1.54) is 11.3 Å². The lowest BCUT2D eigenvalue weighted by Gasteiger charge is -2.01. The number of halogens is 1. The summed E-state index contributed by atoms with van der Waals surface area (Å²) in [4.78, 5) is 0.791. The van der Waals surface area contributed by atoms with Crippen molar-refractivity contribution in [3.8, 4) is 10.6 Å². The minimum Gasteiger partial charge on any atom is -0.190 e. The van der Waals surface area contributed by atoms with E-state index in [1.807, 2.05) is 24.3 Å². The molecule has 0 N–H and O–H groups in total. The van der Waals surface area contributed by atoms with Crippen LogP contribution < -0.4 is 0 Å². The van der Waals surface area contributed by atoms with Crippen LogP contribution in [0.15, 0.2) is 30.6 Å². The molecular weight excluding hydrogens is 244 g/mol. The number of fused-ring (bicyclic) bond motifs is 1. The van der Waals surface area contributed by atoms with Gasteiger partial charge < -0.3 is 0 Å². The lowest BCUT2D eigenvalue weighted by molar-refractivity contribution is 0.959. The van der Waals surface area contributed by atoms with E-state index < -0.39 is 0 Å². The zero-order valence-corrected chi connectivity index (χ0v) is 9.74. The molecule has 2 aromatic heterocycles. The minimum absolute atomic E-state index is 0.482. The van der Waals surface area contributed by atoms with Crippen molar-refractivity contribution < 1.29 is 0 Å². The quantitative estimate of drug-likeness (QED) is 0.657. The smallest absolute Gasteiger partial charge is 0.190 e. The van der Waals surface area contributed by atoms with Gasteiger partial charge in [0, 0.05) is 11.4 Å². The monoisotopic (exact) mass is 250 g/mol. The van der Waals surface area contributed by atoms with E-state index >= 15 is 0 Å². The van der Waals surface area contributed by atoms with Crippen molar-refractivity contribution in [2.75, 3.05) is 0 Å². The fourth-order valence-electron chi connectivity index (χ4n) is 1.51. The van der Waals surface area contributed by atoms with Gasteiger partial charge in [-0.1, -0.05) is 35.6 Å². The lowest BCUT2D eigenvalue weighted by Crippen LogP contribution is -1.87. The average molecular weight is 251 g/mol. The predicted octanol–water partition coefficient (Wildman–Crippen LogP) is 2.59. The molecule has 0 saturated heterocycles. The van der Waals surface area contributed by atoms with Crippen LogP contribution in [0.3, 0.4) is 0 Å². The Morgan fingerprint density at radius 3 is 3.00 bits per heavy atom. The Hall–Kier alpha value is -1.46. The summed E-state index contributed by atoms with van der Waals surface area (Å²) in [5.41, 5.74) is 2.14. The number of rotatable bonds is 2. The Morgan fingerprint density at radius 1 is 1.31 bits per heavy atom. The van der Waals surface area contributed by atoms with Gasteiger partial charge in [-0.25, -0.2) is 0 Å². The first kappa shape index (κ1) is 9.74. The Kier molecular flexibility index (Phi) is 2.34. The molecule has 0 saturated carbocycles. The molecular formula is C10H7ClN4S. The Labute approximate surface area is 101 Å². The van der Waals surface area contributed by atoms with Crippen LogP contribution in [0.2, 0.25) is 0 Å². The van der Waals surface area contributed by atoms with E-state index in [0.29, 0.717) is 5.88 Å².